The zero-order valence-electron chi connectivity index (χ0n) is 17.8. The van der Waals surface area contributed by atoms with E-state index in [1.165, 1.54) is 21.6 Å². The molecule has 0 radical (unpaired) electrons. The van der Waals surface area contributed by atoms with E-state index in [0.717, 1.165) is 25.1 Å². The summed E-state index contributed by atoms with van der Waals surface area (Å²) in [5, 5.41) is 5.89. The molecule has 4 rings (SSSR count). The van der Waals surface area contributed by atoms with Crippen molar-refractivity contribution in [3.8, 4) is 0 Å². The van der Waals surface area contributed by atoms with Crippen molar-refractivity contribution in [3.05, 3.63) is 101 Å². The molecule has 1 aliphatic heterocycles. The van der Waals surface area contributed by atoms with Crippen LogP contribution in [0.4, 0.5) is 5.69 Å². The molecule has 0 bridgehead atoms. The van der Waals surface area contributed by atoms with E-state index in [0.29, 0.717) is 24.3 Å². The van der Waals surface area contributed by atoms with Crippen molar-refractivity contribution in [3.63, 3.8) is 0 Å². The van der Waals surface area contributed by atoms with E-state index in [9.17, 15) is 9.59 Å². The third-order valence-electron chi connectivity index (χ3n) is 5.74. The highest BCUT2D eigenvalue weighted by molar-refractivity contribution is 6.03. The first-order chi connectivity index (χ1) is 15.1. The third-order valence-corrected chi connectivity index (χ3v) is 5.74. The Morgan fingerprint density at radius 2 is 1.61 bits per heavy atom. The minimum atomic E-state index is -0.198. The molecule has 0 saturated carbocycles. The van der Waals surface area contributed by atoms with Gasteiger partial charge < -0.3 is 15.5 Å². The van der Waals surface area contributed by atoms with Crippen molar-refractivity contribution in [1.82, 2.24) is 5.32 Å². The largest absolute Gasteiger partial charge is 0.348 e. The van der Waals surface area contributed by atoms with Crippen LogP contribution in [0.1, 0.15) is 32.6 Å². The van der Waals surface area contributed by atoms with E-state index in [-0.39, 0.29) is 11.8 Å². The van der Waals surface area contributed by atoms with Crippen molar-refractivity contribution in [2.75, 3.05) is 18.4 Å². The van der Waals surface area contributed by atoms with Gasteiger partial charge in [0.1, 0.15) is 6.54 Å². The molecule has 3 aromatic rings. The van der Waals surface area contributed by atoms with Crippen LogP contribution in [0.5, 0.6) is 0 Å². The number of carbonyl (C=O) groups excluding carboxylic acids is 2. The fourth-order valence-corrected chi connectivity index (χ4v) is 3.99. The van der Waals surface area contributed by atoms with E-state index in [2.05, 4.69) is 28.8 Å². The molecule has 0 saturated heterocycles. The highest BCUT2D eigenvalue weighted by Crippen LogP contribution is 2.15. The molecule has 0 aliphatic carbocycles. The first kappa shape index (κ1) is 20.8. The summed E-state index contributed by atoms with van der Waals surface area (Å²) in [6, 6.07) is 23.6. The van der Waals surface area contributed by atoms with E-state index in [1.807, 2.05) is 49.4 Å². The summed E-state index contributed by atoms with van der Waals surface area (Å²) in [7, 11) is 0. The normalized spacial score (nSPS) is 15.1. The molecule has 5 nitrogen and oxygen atoms in total. The molecule has 158 valence electrons. The van der Waals surface area contributed by atoms with Crippen LogP contribution in [0.15, 0.2) is 72.8 Å². The Kier molecular flexibility index (Phi) is 6.43. The van der Waals surface area contributed by atoms with Gasteiger partial charge in [-0.05, 0) is 30.2 Å². The number of benzene rings is 3. The van der Waals surface area contributed by atoms with Gasteiger partial charge in [0, 0.05) is 18.5 Å². The molecule has 1 atom stereocenters. The Balaban J connectivity index is 1.36. The number of aryl methyl sites for hydroxylation is 1. The molecular formula is C26H28N3O2+. The summed E-state index contributed by atoms with van der Waals surface area (Å²) >= 11 is 0. The highest BCUT2D eigenvalue weighted by atomic mass is 16.2. The van der Waals surface area contributed by atoms with Crippen LogP contribution in [-0.4, -0.2) is 24.9 Å². The highest BCUT2D eigenvalue weighted by Gasteiger charge is 2.22. The number of carbonyl (C=O) groups is 2. The van der Waals surface area contributed by atoms with Crippen molar-refractivity contribution >= 4 is 17.5 Å². The smallest absolute Gasteiger partial charge is 0.279 e. The van der Waals surface area contributed by atoms with Gasteiger partial charge in [0.15, 0.2) is 6.54 Å². The van der Waals surface area contributed by atoms with Gasteiger partial charge in [-0.15, -0.1) is 0 Å². The molecule has 0 aromatic heterocycles. The summed E-state index contributed by atoms with van der Waals surface area (Å²) in [4.78, 5) is 26.7. The first-order valence-electron chi connectivity index (χ1n) is 10.7. The molecule has 5 heteroatoms. The Hall–Kier alpha value is -3.44. The van der Waals surface area contributed by atoms with Gasteiger partial charge in [-0.2, -0.15) is 0 Å². The number of amides is 2. The minimum absolute atomic E-state index is 0.0758. The fourth-order valence-electron chi connectivity index (χ4n) is 3.99. The number of hydrogen-bond acceptors (Lipinski definition) is 2. The van der Waals surface area contributed by atoms with Gasteiger partial charge in [0.2, 0.25) is 0 Å². The van der Waals surface area contributed by atoms with Crippen LogP contribution in [0.25, 0.3) is 0 Å². The summed E-state index contributed by atoms with van der Waals surface area (Å²) in [6.07, 6.45) is 0.983. The van der Waals surface area contributed by atoms with Gasteiger partial charge in [-0.1, -0.05) is 66.2 Å². The average molecular weight is 415 g/mol. The maximum Gasteiger partial charge on any atom is 0.279 e. The van der Waals surface area contributed by atoms with Crippen molar-refractivity contribution in [2.45, 2.75) is 26.4 Å². The van der Waals surface area contributed by atoms with Crippen molar-refractivity contribution < 1.29 is 14.5 Å². The summed E-state index contributed by atoms with van der Waals surface area (Å²) < 4.78 is 0. The third kappa shape index (κ3) is 5.38. The summed E-state index contributed by atoms with van der Waals surface area (Å²) in [5.74, 6) is -0.274. The van der Waals surface area contributed by atoms with Crippen molar-refractivity contribution in [2.24, 2.45) is 0 Å². The second-order valence-electron chi connectivity index (χ2n) is 8.13. The van der Waals surface area contributed by atoms with E-state index >= 15 is 0 Å². The van der Waals surface area contributed by atoms with E-state index in [4.69, 9.17) is 0 Å². The Morgan fingerprint density at radius 1 is 0.903 bits per heavy atom. The Bertz CT molecular complexity index is 1080. The minimum Gasteiger partial charge on any atom is -0.348 e. The molecule has 0 fully saturated rings. The predicted molar refractivity (Wildman–Crippen MR) is 122 cm³/mol. The second kappa shape index (κ2) is 9.58. The number of fused-ring (bicyclic) bond motifs is 1. The standard InChI is InChI=1S/C26H27N3O2/c1-19-10-12-20(13-11-19)16-27-26(31)23-8-4-5-9-24(23)28-25(30)18-29-15-14-21-6-2-3-7-22(21)17-29/h2-13H,14-18H2,1H3,(H,27,31)(H,28,30)/p+1. The number of para-hydroxylation sites is 1. The zero-order valence-corrected chi connectivity index (χ0v) is 17.8. The monoisotopic (exact) mass is 414 g/mol. The lowest BCUT2D eigenvalue weighted by molar-refractivity contribution is -0.907. The van der Waals surface area contributed by atoms with Gasteiger partial charge >= 0.3 is 0 Å². The van der Waals surface area contributed by atoms with E-state index < -0.39 is 0 Å². The van der Waals surface area contributed by atoms with Crippen LogP contribution in [0, 0.1) is 6.92 Å². The topological polar surface area (TPSA) is 62.6 Å². The molecule has 3 aromatic carbocycles. The molecule has 0 spiro atoms. The molecule has 1 unspecified atom stereocenters. The zero-order chi connectivity index (χ0) is 21.6. The lowest BCUT2D eigenvalue weighted by atomic mass is 10.00. The molecule has 3 N–H and O–H groups in total. The fraction of sp³-hybridized carbons (Fsp3) is 0.231. The average Bonchev–Trinajstić information content (AvgIpc) is 2.79. The van der Waals surface area contributed by atoms with Crippen LogP contribution in [0.2, 0.25) is 0 Å². The molecular weight excluding hydrogens is 386 g/mol. The number of quaternary nitrogens is 1. The Labute approximate surface area is 183 Å². The summed E-state index contributed by atoms with van der Waals surface area (Å²) in [6.45, 7) is 4.64. The molecule has 2 amide bonds. The molecule has 1 heterocycles. The first-order valence-corrected chi connectivity index (χ1v) is 10.7. The number of nitrogens with one attached hydrogen (secondary N) is 3. The number of hydrogen-bond donors (Lipinski definition) is 3. The molecule has 31 heavy (non-hydrogen) atoms. The van der Waals surface area contributed by atoms with Crippen LogP contribution in [-0.2, 0) is 24.3 Å². The van der Waals surface area contributed by atoms with Gasteiger partial charge in [0.25, 0.3) is 11.8 Å². The quantitative estimate of drug-likeness (QED) is 0.580. The van der Waals surface area contributed by atoms with Crippen molar-refractivity contribution in [1.29, 1.82) is 0 Å². The number of anilines is 1. The summed E-state index contributed by atoms with van der Waals surface area (Å²) in [5.41, 5.74) is 5.93. The second-order valence-corrected chi connectivity index (χ2v) is 8.13. The van der Waals surface area contributed by atoms with Gasteiger partial charge in [-0.25, -0.2) is 0 Å². The lowest BCUT2D eigenvalue weighted by Gasteiger charge is -2.25. The SMILES string of the molecule is Cc1ccc(CNC(=O)c2ccccc2NC(=O)C[NH+]2CCc3ccccc3C2)cc1. The lowest BCUT2D eigenvalue weighted by Crippen LogP contribution is -3.12. The van der Waals surface area contributed by atoms with Crippen LogP contribution < -0.4 is 15.5 Å². The van der Waals surface area contributed by atoms with Crippen LogP contribution >= 0.6 is 0 Å². The maximum absolute atomic E-state index is 12.7. The van der Waals surface area contributed by atoms with Gasteiger partial charge in [0.05, 0.1) is 17.8 Å². The Morgan fingerprint density at radius 3 is 2.42 bits per heavy atom. The number of rotatable bonds is 6. The van der Waals surface area contributed by atoms with E-state index in [1.54, 1.807) is 12.1 Å². The van der Waals surface area contributed by atoms with Gasteiger partial charge in [-0.3, -0.25) is 9.59 Å². The maximum atomic E-state index is 12.7. The predicted octanol–water partition coefficient (Wildman–Crippen LogP) is 2.50. The molecule has 1 aliphatic rings. The van der Waals surface area contributed by atoms with Crippen LogP contribution in [0.3, 0.4) is 0 Å².